The number of carbonyl (C=O) groups is 2. The quantitative estimate of drug-likeness (QED) is 0.183. The van der Waals surface area contributed by atoms with Crippen LogP contribution < -0.4 is 0 Å². The number of phenolic OH excluding ortho intramolecular Hbond substituents is 2. The Labute approximate surface area is 203 Å². The van der Waals surface area contributed by atoms with Gasteiger partial charge in [-0.3, -0.25) is 4.79 Å². The molecule has 2 rings (SSSR count). The smallest absolute Gasteiger partial charge is 0.330 e. The maximum Gasteiger partial charge on any atom is 0.330 e. The van der Waals surface area contributed by atoms with Crippen molar-refractivity contribution in [3.05, 3.63) is 53.1 Å². The second kappa shape index (κ2) is 13.2. The van der Waals surface area contributed by atoms with Crippen LogP contribution >= 0.6 is 0 Å². The Morgan fingerprint density at radius 2 is 1.71 bits per heavy atom. The molecule has 1 aliphatic heterocycles. The lowest BCUT2D eigenvalue weighted by atomic mass is 9.99. The zero-order valence-corrected chi connectivity index (χ0v) is 19.8. The van der Waals surface area contributed by atoms with Crippen molar-refractivity contribution in [3.8, 4) is 11.5 Å². The van der Waals surface area contributed by atoms with E-state index in [1.54, 1.807) is 6.92 Å². The molecule has 1 aliphatic rings. The molecule has 1 heterocycles. The zero-order valence-electron chi connectivity index (χ0n) is 19.8. The van der Waals surface area contributed by atoms with Crippen LogP contribution in [0.4, 0.5) is 0 Å². The molecule has 0 radical (unpaired) electrons. The lowest BCUT2D eigenvalue weighted by Gasteiger charge is -2.39. The van der Waals surface area contributed by atoms with Gasteiger partial charge >= 0.3 is 5.97 Å². The van der Waals surface area contributed by atoms with E-state index in [9.17, 15) is 35.1 Å². The van der Waals surface area contributed by atoms with Gasteiger partial charge in [-0.1, -0.05) is 17.2 Å². The standard InChI is InChI=1S/C25H32O10/c1-14(2)10-17(26)11-15(3)8-9-33-25-24(32)23(31)22(30)20(35-25)13-34-21(29)7-5-16-4-6-18(27)19(28)12-16/h4-7,10-12,20,22-25,27-28,30-32H,8-9,13H2,1-3H3/b7-5+,15-11-/t20-,22-,23+,24-,25-/m0/s1. The van der Waals surface area contributed by atoms with Crippen LogP contribution in [0.1, 0.15) is 32.8 Å². The highest BCUT2D eigenvalue weighted by molar-refractivity contribution is 6.00. The van der Waals surface area contributed by atoms with Crippen LogP contribution in [0.25, 0.3) is 6.08 Å². The number of hydrogen-bond acceptors (Lipinski definition) is 10. The van der Waals surface area contributed by atoms with Gasteiger partial charge in [-0.15, -0.1) is 0 Å². The molecule has 10 nitrogen and oxygen atoms in total. The lowest BCUT2D eigenvalue weighted by molar-refractivity contribution is -0.301. The van der Waals surface area contributed by atoms with Gasteiger partial charge in [-0.2, -0.15) is 0 Å². The van der Waals surface area contributed by atoms with Crippen molar-refractivity contribution in [2.45, 2.75) is 57.9 Å². The van der Waals surface area contributed by atoms with Crippen LogP contribution in [0.5, 0.6) is 11.5 Å². The van der Waals surface area contributed by atoms with Gasteiger partial charge in [0, 0.05) is 6.08 Å². The second-order valence-corrected chi connectivity index (χ2v) is 8.46. The van der Waals surface area contributed by atoms with E-state index in [2.05, 4.69) is 0 Å². The SMILES string of the molecule is CC(C)=CC(=O)/C=C(/C)CCO[C@H]1O[C@@H](COC(=O)/C=C/c2ccc(O)c(O)c2)[C@H](O)[C@@H](O)[C@@H]1O. The molecule has 0 aliphatic carbocycles. The summed E-state index contributed by atoms with van der Waals surface area (Å²) in [5.41, 5.74) is 2.06. The summed E-state index contributed by atoms with van der Waals surface area (Å²) in [5.74, 6) is -1.57. The summed E-state index contributed by atoms with van der Waals surface area (Å²) >= 11 is 0. The lowest BCUT2D eigenvalue weighted by Crippen LogP contribution is -2.59. The Bertz CT molecular complexity index is 976. The van der Waals surface area contributed by atoms with Crippen LogP contribution in [0.15, 0.2) is 47.6 Å². The number of phenols is 2. The van der Waals surface area contributed by atoms with Crippen molar-refractivity contribution >= 4 is 17.8 Å². The fraction of sp³-hybridized carbons (Fsp3) is 0.440. The maximum atomic E-state index is 12.0. The predicted molar refractivity (Wildman–Crippen MR) is 125 cm³/mol. The summed E-state index contributed by atoms with van der Waals surface area (Å²) in [4.78, 5) is 23.8. The highest BCUT2D eigenvalue weighted by Crippen LogP contribution is 2.26. The van der Waals surface area contributed by atoms with E-state index < -0.39 is 43.3 Å². The minimum absolute atomic E-state index is 0.0731. The molecule has 35 heavy (non-hydrogen) atoms. The molecule has 0 bridgehead atoms. The van der Waals surface area contributed by atoms with Crippen molar-refractivity contribution in [1.82, 2.24) is 0 Å². The molecule has 10 heteroatoms. The number of carbonyl (C=O) groups excluding carboxylic acids is 2. The monoisotopic (exact) mass is 492 g/mol. The van der Waals surface area contributed by atoms with Crippen molar-refractivity contribution in [3.63, 3.8) is 0 Å². The molecule has 5 atom stereocenters. The molecule has 1 saturated heterocycles. The third-order valence-electron chi connectivity index (χ3n) is 5.07. The molecular weight excluding hydrogens is 460 g/mol. The van der Waals surface area contributed by atoms with Gasteiger partial charge in [0.15, 0.2) is 23.6 Å². The summed E-state index contributed by atoms with van der Waals surface area (Å²) in [7, 11) is 0. The Hall–Kier alpha value is -3.02. The average Bonchev–Trinajstić information content (AvgIpc) is 2.78. The van der Waals surface area contributed by atoms with Gasteiger partial charge in [0.2, 0.25) is 0 Å². The Kier molecular flexibility index (Phi) is 10.6. The number of hydrogen-bond donors (Lipinski definition) is 5. The summed E-state index contributed by atoms with van der Waals surface area (Å²) in [6.45, 7) is 5.04. The number of benzene rings is 1. The van der Waals surface area contributed by atoms with E-state index in [0.717, 1.165) is 17.2 Å². The van der Waals surface area contributed by atoms with Gasteiger partial charge in [0.1, 0.15) is 31.0 Å². The van der Waals surface area contributed by atoms with Crippen LogP contribution in [-0.4, -0.2) is 81.2 Å². The van der Waals surface area contributed by atoms with Crippen LogP contribution in [-0.2, 0) is 23.8 Å². The molecule has 0 amide bonds. The van der Waals surface area contributed by atoms with Crippen molar-refractivity contribution in [1.29, 1.82) is 0 Å². The Morgan fingerprint density at radius 3 is 2.37 bits per heavy atom. The number of allylic oxidation sites excluding steroid dienone is 3. The third kappa shape index (κ3) is 8.93. The molecule has 192 valence electrons. The van der Waals surface area contributed by atoms with Gasteiger partial charge in [0.05, 0.1) is 6.61 Å². The number of rotatable bonds is 10. The van der Waals surface area contributed by atoms with Crippen molar-refractivity contribution in [2.24, 2.45) is 0 Å². The van der Waals surface area contributed by atoms with Crippen molar-refractivity contribution < 1.29 is 49.3 Å². The summed E-state index contributed by atoms with van der Waals surface area (Å²) < 4.78 is 16.1. The van der Waals surface area contributed by atoms with Crippen LogP contribution in [0.2, 0.25) is 0 Å². The first-order chi connectivity index (χ1) is 16.5. The minimum Gasteiger partial charge on any atom is -0.504 e. The number of esters is 1. The van der Waals surface area contributed by atoms with E-state index in [1.165, 1.54) is 36.4 Å². The first kappa shape index (κ1) is 28.2. The van der Waals surface area contributed by atoms with Gasteiger partial charge in [-0.05, 0) is 63.1 Å². The summed E-state index contributed by atoms with van der Waals surface area (Å²) in [5, 5.41) is 49.3. The number of ether oxygens (including phenoxy) is 3. The first-order valence-corrected chi connectivity index (χ1v) is 11.0. The van der Waals surface area contributed by atoms with Gasteiger partial charge < -0.3 is 39.7 Å². The molecular formula is C25H32O10. The number of aliphatic hydroxyl groups excluding tert-OH is 3. The molecule has 1 fully saturated rings. The number of aromatic hydroxyl groups is 2. The van der Waals surface area contributed by atoms with E-state index in [1.807, 2.05) is 13.8 Å². The average molecular weight is 493 g/mol. The maximum absolute atomic E-state index is 12.0. The number of aliphatic hydroxyl groups is 3. The predicted octanol–water partition coefficient (Wildman–Crippen LogP) is 1.35. The molecule has 5 N–H and O–H groups in total. The third-order valence-corrected chi connectivity index (χ3v) is 5.07. The van der Waals surface area contributed by atoms with E-state index in [-0.39, 0.29) is 23.9 Å². The summed E-state index contributed by atoms with van der Waals surface area (Å²) in [6, 6.07) is 3.99. The molecule has 0 spiro atoms. The van der Waals surface area contributed by atoms with E-state index in [4.69, 9.17) is 14.2 Å². The van der Waals surface area contributed by atoms with E-state index >= 15 is 0 Å². The normalized spacial score (nSPS) is 24.9. The topological polar surface area (TPSA) is 163 Å². The first-order valence-electron chi connectivity index (χ1n) is 11.0. The second-order valence-electron chi connectivity index (χ2n) is 8.46. The van der Waals surface area contributed by atoms with Gasteiger partial charge in [-0.25, -0.2) is 4.79 Å². The fourth-order valence-electron chi connectivity index (χ4n) is 3.19. The minimum atomic E-state index is -1.59. The Balaban J connectivity index is 1.88. The van der Waals surface area contributed by atoms with Crippen LogP contribution in [0, 0.1) is 0 Å². The molecule has 0 aromatic heterocycles. The van der Waals surface area contributed by atoms with E-state index in [0.29, 0.717) is 12.0 Å². The highest BCUT2D eigenvalue weighted by Gasteiger charge is 2.44. The molecule has 1 aromatic rings. The van der Waals surface area contributed by atoms with Crippen molar-refractivity contribution in [2.75, 3.05) is 13.2 Å². The summed E-state index contributed by atoms with van der Waals surface area (Å²) in [6.07, 6.45) is -1.33. The largest absolute Gasteiger partial charge is 0.504 e. The zero-order chi connectivity index (χ0) is 26.1. The van der Waals surface area contributed by atoms with Gasteiger partial charge in [0.25, 0.3) is 0 Å². The fourth-order valence-corrected chi connectivity index (χ4v) is 3.19. The molecule has 0 saturated carbocycles. The number of ketones is 1. The highest BCUT2D eigenvalue weighted by atomic mass is 16.7. The Morgan fingerprint density at radius 1 is 1.00 bits per heavy atom. The molecule has 0 unspecified atom stereocenters. The molecule has 1 aromatic carbocycles. The van der Waals surface area contributed by atoms with Crippen LogP contribution in [0.3, 0.4) is 0 Å².